The van der Waals surface area contributed by atoms with Crippen molar-refractivity contribution in [2.24, 2.45) is 0 Å². The number of benzene rings is 1. The number of rotatable bonds is 2. The quantitative estimate of drug-likeness (QED) is 0.421. The molecule has 0 aliphatic heterocycles. The van der Waals surface area contributed by atoms with Gasteiger partial charge in [-0.15, -0.1) is 0 Å². The van der Waals surface area contributed by atoms with Gasteiger partial charge in [0, 0.05) is 10.7 Å². The highest BCUT2D eigenvalue weighted by atomic mass is 127. The first-order chi connectivity index (χ1) is 9.90. The number of carbonyl (C=O) groups is 1. The number of methoxy groups -OCH3 is 1. The van der Waals surface area contributed by atoms with Crippen LogP contribution in [0.25, 0.3) is 5.69 Å². The maximum atomic E-state index is 13.6. The van der Waals surface area contributed by atoms with Gasteiger partial charge in [-0.3, -0.25) is 0 Å². The molecule has 0 saturated heterocycles. The van der Waals surface area contributed by atoms with Crippen molar-refractivity contribution >= 4 is 50.2 Å². The molecule has 1 aromatic carbocycles. The lowest BCUT2D eigenvalue weighted by molar-refractivity contribution is 0.0593. The molecule has 0 unspecified atom stereocenters. The summed E-state index contributed by atoms with van der Waals surface area (Å²) in [5, 5.41) is 9.06. The zero-order chi connectivity index (χ0) is 15.7. The fraction of sp³-hybridized carbons (Fsp3) is 0.0769. The molecule has 2 N–H and O–H groups in total. The normalized spacial score (nSPS) is 10.2. The molecule has 0 aliphatic rings. The number of nitriles is 1. The minimum absolute atomic E-state index is 0.000494. The second-order valence-electron chi connectivity index (χ2n) is 4.00. The summed E-state index contributed by atoms with van der Waals surface area (Å²) < 4.78 is 20.9. The molecule has 0 radical (unpaired) electrons. The van der Waals surface area contributed by atoms with Crippen molar-refractivity contribution < 1.29 is 13.9 Å². The van der Waals surface area contributed by atoms with Crippen molar-refractivity contribution in [3.05, 3.63) is 43.4 Å². The molecular weight excluding hydrogens is 456 g/mol. The summed E-state index contributed by atoms with van der Waals surface area (Å²) in [5.74, 6) is -1.19. The van der Waals surface area contributed by atoms with Gasteiger partial charge in [0.25, 0.3) is 0 Å². The maximum absolute atomic E-state index is 13.6. The summed E-state index contributed by atoms with van der Waals surface area (Å²) in [7, 11) is 1.21. The number of aromatic nitrogens is 1. The van der Waals surface area contributed by atoms with E-state index >= 15 is 0 Å². The van der Waals surface area contributed by atoms with E-state index in [2.05, 4.69) is 20.7 Å². The lowest BCUT2D eigenvalue weighted by atomic mass is 10.2. The fourth-order valence-electron chi connectivity index (χ4n) is 1.82. The van der Waals surface area contributed by atoms with Crippen molar-refractivity contribution in [2.75, 3.05) is 12.8 Å². The number of anilines is 1. The lowest BCUT2D eigenvalue weighted by Crippen LogP contribution is -2.12. The summed E-state index contributed by atoms with van der Waals surface area (Å²) in [5.41, 5.74) is 6.30. The molecule has 0 amide bonds. The third kappa shape index (κ3) is 2.75. The van der Waals surface area contributed by atoms with E-state index < -0.39 is 11.8 Å². The monoisotopic (exact) mass is 463 g/mol. The Morgan fingerprint density at radius 3 is 2.81 bits per heavy atom. The average molecular weight is 464 g/mol. The lowest BCUT2D eigenvalue weighted by Gasteiger charge is -2.11. The van der Waals surface area contributed by atoms with Crippen molar-refractivity contribution in [2.45, 2.75) is 0 Å². The number of esters is 1. The van der Waals surface area contributed by atoms with E-state index in [9.17, 15) is 9.18 Å². The Morgan fingerprint density at radius 1 is 1.57 bits per heavy atom. The van der Waals surface area contributed by atoms with E-state index in [-0.39, 0.29) is 16.9 Å². The first kappa shape index (κ1) is 15.8. The van der Waals surface area contributed by atoms with Crippen LogP contribution in [0.2, 0.25) is 0 Å². The Balaban J connectivity index is 2.82. The average Bonchev–Trinajstić information content (AvgIpc) is 2.78. The van der Waals surface area contributed by atoms with Gasteiger partial charge in [0.1, 0.15) is 11.9 Å². The predicted octanol–water partition coefficient (Wildman–Crippen LogP) is 3.22. The van der Waals surface area contributed by atoms with Gasteiger partial charge in [0.15, 0.2) is 5.69 Å². The number of ether oxygens (including phenoxy) is 1. The summed E-state index contributed by atoms with van der Waals surface area (Å²) in [4.78, 5) is 11.9. The largest absolute Gasteiger partial charge is 0.464 e. The van der Waals surface area contributed by atoms with Crippen LogP contribution in [0.5, 0.6) is 0 Å². The Bertz CT molecular complexity index is 783. The fourth-order valence-corrected chi connectivity index (χ4v) is 2.82. The van der Waals surface area contributed by atoms with Gasteiger partial charge >= 0.3 is 5.97 Å². The second kappa shape index (κ2) is 6.03. The van der Waals surface area contributed by atoms with Crippen LogP contribution in [-0.4, -0.2) is 17.6 Å². The first-order valence-electron chi connectivity index (χ1n) is 5.54. The van der Waals surface area contributed by atoms with Crippen LogP contribution in [0.15, 0.2) is 22.8 Å². The molecule has 0 fully saturated rings. The Hall–Kier alpha value is -1.60. The highest BCUT2D eigenvalue weighted by Gasteiger charge is 2.23. The highest BCUT2D eigenvalue weighted by Crippen LogP contribution is 2.31. The number of hydrogen-bond donors (Lipinski definition) is 1. The van der Waals surface area contributed by atoms with E-state index in [0.717, 1.165) is 0 Å². The Morgan fingerprint density at radius 2 is 2.24 bits per heavy atom. The molecule has 0 atom stereocenters. The van der Waals surface area contributed by atoms with Gasteiger partial charge in [-0.05, 0) is 50.7 Å². The topological polar surface area (TPSA) is 81.0 Å². The summed E-state index contributed by atoms with van der Waals surface area (Å²) in [6.07, 6.45) is 1.38. The van der Waals surface area contributed by atoms with E-state index in [1.165, 1.54) is 30.0 Å². The van der Waals surface area contributed by atoms with E-state index in [0.29, 0.717) is 13.7 Å². The summed E-state index contributed by atoms with van der Waals surface area (Å²) in [6.45, 7) is 0. The van der Waals surface area contributed by atoms with Gasteiger partial charge in [-0.1, -0.05) is 0 Å². The van der Waals surface area contributed by atoms with Crippen molar-refractivity contribution in [1.29, 1.82) is 5.26 Å². The molecule has 1 heterocycles. The van der Waals surface area contributed by atoms with Crippen LogP contribution in [0.3, 0.4) is 0 Å². The molecule has 108 valence electrons. The molecule has 0 saturated carbocycles. The summed E-state index contributed by atoms with van der Waals surface area (Å²) in [6, 6.07) is 4.45. The standard InChI is InChI=1S/C13H8BrFIN3O2/c1-21-13(20)12-11(18)6(4-17)5-19(12)9-3-7(15)2-8(14)10(9)16/h2-3,5H,18H2,1H3. The molecule has 0 spiro atoms. The molecule has 0 bridgehead atoms. The van der Waals surface area contributed by atoms with Crippen LogP contribution in [0, 0.1) is 20.7 Å². The number of halogens is 3. The molecule has 5 nitrogen and oxygen atoms in total. The van der Waals surface area contributed by atoms with Gasteiger partial charge in [0.05, 0.1) is 27.6 Å². The van der Waals surface area contributed by atoms with E-state index in [1.807, 2.05) is 28.7 Å². The Kier molecular flexibility index (Phi) is 4.53. The first-order valence-corrected chi connectivity index (χ1v) is 7.42. The minimum Gasteiger partial charge on any atom is -0.464 e. The van der Waals surface area contributed by atoms with Crippen LogP contribution in [-0.2, 0) is 4.74 Å². The van der Waals surface area contributed by atoms with Crippen molar-refractivity contribution in [1.82, 2.24) is 4.57 Å². The number of nitrogen functional groups attached to an aromatic ring is 1. The predicted molar refractivity (Wildman–Crippen MR) is 86.6 cm³/mol. The van der Waals surface area contributed by atoms with E-state index in [1.54, 1.807) is 0 Å². The second-order valence-corrected chi connectivity index (χ2v) is 5.93. The SMILES string of the molecule is COC(=O)c1c(N)c(C#N)cn1-c1cc(F)cc(Br)c1I. The van der Waals surface area contributed by atoms with Crippen LogP contribution in [0.1, 0.15) is 16.1 Å². The van der Waals surface area contributed by atoms with Crippen LogP contribution >= 0.6 is 38.5 Å². The summed E-state index contributed by atoms with van der Waals surface area (Å²) >= 11 is 5.24. The maximum Gasteiger partial charge on any atom is 0.357 e. The molecule has 2 aromatic rings. The zero-order valence-corrected chi connectivity index (χ0v) is 14.4. The molecule has 0 aliphatic carbocycles. The number of carbonyl (C=O) groups excluding carboxylic acids is 1. The van der Waals surface area contributed by atoms with E-state index in [4.69, 9.17) is 11.0 Å². The van der Waals surface area contributed by atoms with Crippen LogP contribution in [0.4, 0.5) is 10.1 Å². The third-order valence-electron chi connectivity index (χ3n) is 2.78. The molecule has 1 aromatic heterocycles. The van der Waals surface area contributed by atoms with Gasteiger partial charge in [-0.25, -0.2) is 9.18 Å². The van der Waals surface area contributed by atoms with Crippen molar-refractivity contribution in [3.8, 4) is 11.8 Å². The smallest absolute Gasteiger partial charge is 0.357 e. The number of hydrogen-bond acceptors (Lipinski definition) is 4. The minimum atomic E-state index is -0.704. The third-order valence-corrected chi connectivity index (χ3v) is 5.28. The molecule has 21 heavy (non-hydrogen) atoms. The molecule has 2 rings (SSSR count). The van der Waals surface area contributed by atoms with Crippen LogP contribution < -0.4 is 5.73 Å². The number of nitrogens with two attached hydrogens (primary N) is 1. The molecular formula is C13H8BrFIN3O2. The number of nitrogens with zero attached hydrogens (tertiary/aromatic N) is 2. The van der Waals surface area contributed by atoms with Gasteiger partial charge < -0.3 is 15.0 Å². The van der Waals surface area contributed by atoms with Crippen molar-refractivity contribution in [3.63, 3.8) is 0 Å². The molecule has 8 heteroatoms. The highest BCUT2D eigenvalue weighted by molar-refractivity contribution is 14.1. The Labute approximate surface area is 141 Å². The van der Waals surface area contributed by atoms with Gasteiger partial charge in [-0.2, -0.15) is 5.26 Å². The zero-order valence-electron chi connectivity index (χ0n) is 10.7. The van der Waals surface area contributed by atoms with Gasteiger partial charge in [0.2, 0.25) is 0 Å².